The smallest absolute Gasteiger partial charge is 0.307 e. The maximum atomic E-state index is 12.1. The normalized spacial score (nSPS) is 11.5. The molecule has 0 saturated carbocycles. The zero-order chi connectivity index (χ0) is 20.1. The highest BCUT2D eigenvalue weighted by Gasteiger charge is 2.19. The number of hydrogen-bond acceptors (Lipinski definition) is 9. The summed E-state index contributed by atoms with van der Waals surface area (Å²) < 4.78 is 38.2. The lowest BCUT2D eigenvalue weighted by Crippen LogP contribution is -2.27. The molecule has 0 bridgehead atoms. The molecule has 0 radical (unpaired) electrons. The summed E-state index contributed by atoms with van der Waals surface area (Å²) in [5.41, 5.74) is 0.669. The molecule has 12 heteroatoms. The van der Waals surface area contributed by atoms with Crippen molar-refractivity contribution in [3.63, 3.8) is 0 Å². The van der Waals surface area contributed by atoms with E-state index in [-0.39, 0.29) is 30.5 Å². The van der Waals surface area contributed by atoms with Gasteiger partial charge in [0.1, 0.15) is 5.82 Å². The molecule has 3 aromatic rings. The monoisotopic (exact) mass is 406 g/mol. The van der Waals surface area contributed by atoms with E-state index in [9.17, 15) is 13.2 Å². The third kappa shape index (κ3) is 4.78. The van der Waals surface area contributed by atoms with Gasteiger partial charge in [-0.05, 0) is 19.1 Å². The molecule has 0 aromatic carbocycles. The van der Waals surface area contributed by atoms with Crippen molar-refractivity contribution in [1.82, 2.24) is 29.4 Å². The van der Waals surface area contributed by atoms with Crippen LogP contribution in [0.3, 0.4) is 0 Å². The van der Waals surface area contributed by atoms with Gasteiger partial charge in [0, 0.05) is 37.7 Å². The Morgan fingerprint density at radius 3 is 2.86 bits per heavy atom. The standard InChI is InChI=1S/C16H18N6O5S/c1-11-19-14(9-22(11)2)28(24,25)18-7-5-15(23)26-10-13-20-16(21-27-13)12-4-3-6-17-8-12/h3-4,6,8-9,18H,5,7,10H2,1-2H3. The molecule has 0 atom stereocenters. The Balaban J connectivity index is 1.45. The topological polar surface area (TPSA) is 142 Å². The summed E-state index contributed by atoms with van der Waals surface area (Å²) in [5.74, 6) is 0.403. The third-order valence-corrected chi connectivity index (χ3v) is 5.06. The number of nitrogens with zero attached hydrogens (tertiary/aromatic N) is 5. The summed E-state index contributed by atoms with van der Waals surface area (Å²) in [7, 11) is -2.10. The minimum atomic E-state index is -3.79. The molecule has 148 valence electrons. The lowest BCUT2D eigenvalue weighted by atomic mass is 10.3. The zero-order valence-electron chi connectivity index (χ0n) is 15.2. The highest BCUT2D eigenvalue weighted by molar-refractivity contribution is 7.89. The van der Waals surface area contributed by atoms with Crippen LogP contribution in [0.15, 0.2) is 40.3 Å². The van der Waals surface area contributed by atoms with Crippen LogP contribution in [0, 0.1) is 6.92 Å². The van der Waals surface area contributed by atoms with Crippen LogP contribution in [-0.2, 0) is 33.2 Å². The lowest BCUT2D eigenvalue weighted by Gasteiger charge is -2.04. The summed E-state index contributed by atoms with van der Waals surface area (Å²) in [6.45, 7) is 1.35. The second-order valence-electron chi connectivity index (χ2n) is 5.80. The van der Waals surface area contributed by atoms with Gasteiger partial charge in [0.25, 0.3) is 15.9 Å². The zero-order valence-corrected chi connectivity index (χ0v) is 16.0. The number of imidazole rings is 1. The van der Waals surface area contributed by atoms with Gasteiger partial charge in [0.05, 0.1) is 6.42 Å². The fourth-order valence-corrected chi connectivity index (χ4v) is 3.23. The number of esters is 1. The summed E-state index contributed by atoms with van der Waals surface area (Å²) in [4.78, 5) is 23.8. The van der Waals surface area contributed by atoms with Crippen LogP contribution in [0.25, 0.3) is 11.4 Å². The fourth-order valence-electron chi connectivity index (χ4n) is 2.16. The highest BCUT2D eigenvalue weighted by Crippen LogP contribution is 2.14. The number of hydrogen-bond donors (Lipinski definition) is 1. The Labute approximate surface area is 160 Å². The van der Waals surface area contributed by atoms with Gasteiger partial charge in [0.15, 0.2) is 11.6 Å². The average molecular weight is 406 g/mol. The number of carbonyl (C=O) groups is 1. The first-order valence-electron chi connectivity index (χ1n) is 8.23. The number of ether oxygens (including phenoxy) is 1. The second kappa shape index (κ2) is 8.27. The molecule has 0 fully saturated rings. The fraction of sp³-hybridized carbons (Fsp3) is 0.312. The van der Waals surface area contributed by atoms with Crippen LogP contribution in [0.5, 0.6) is 0 Å². The molecule has 3 rings (SSSR count). The van der Waals surface area contributed by atoms with E-state index >= 15 is 0 Å². The molecule has 0 aliphatic rings. The summed E-state index contributed by atoms with van der Waals surface area (Å²) in [6, 6.07) is 3.50. The van der Waals surface area contributed by atoms with Crippen LogP contribution in [-0.4, -0.2) is 45.6 Å². The second-order valence-corrected chi connectivity index (χ2v) is 7.51. The number of nitrogens with one attached hydrogen (secondary N) is 1. The van der Waals surface area contributed by atoms with Crippen LogP contribution in [0.4, 0.5) is 0 Å². The lowest BCUT2D eigenvalue weighted by molar-refractivity contribution is -0.145. The number of sulfonamides is 1. The van der Waals surface area contributed by atoms with Crippen molar-refractivity contribution in [2.45, 2.75) is 25.0 Å². The van der Waals surface area contributed by atoms with E-state index in [4.69, 9.17) is 9.26 Å². The minimum absolute atomic E-state index is 0.102. The van der Waals surface area contributed by atoms with Crippen LogP contribution in [0.2, 0.25) is 0 Å². The van der Waals surface area contributed by atoms with Crippen molar-refractivity contribution in [3.8, 4) is 11.4 Å². The predicted molar refractivity (Wildman–Crippen MR) is 95.1 cm³/mol. The van der Waals surface area contributed by atoms with Gasteiger partial charge in [0.2, 0.25) is 5.82 Å². The van der Waals surface area contributed by atoms with E-state index < -0.39 is 16.0 Å². The van der Waals surface area contributed by atoms with Crippen LogP contribution >= 0.6 is 0 Å². The number of carbonyl (C=O) groups excluding carboxylic acids is 1. The SMILES string of the molecule is Cc1nc(S(=O)(=O)NCCC(=O)OCc2nc(-c3cccnc3)no2)cn1C. The molecule has 0 unspecified atom stereocenters. The average Bonchev–Trinajstić information content (AvgIpc) is 3.28. The molecule has 3 aromatic heterocycles. The summed E-state index contributed by atoms with van der Waals surface area (Å²) in [6.07, 6.45) is 4.44. The van der Waals surface area contributed by atoms with Gasteiger partial charge in [-0.3, -0.25) is 9.78 Å². The summed E-state index contributed by atoms with van der Waals surface area (Å²) in [5, 5.41) is 3.68. The quantitative estimate of drug-likeness (QED) is 0.532. The molecule has 1 N–H and O–H groups in total. The molecule has 11 nitrogen and oxygen atoms in total. The summed E-state index contributed by atoms with van der Waals surface area (Å²) >= 11 is 0. The Kier molecular flexibility index (Phi) is 5.80. The molecular weight excluding hydrogens is 388 g/mol. The largest absolute Gasteiger partial charge is 0.456 e. The minimum Gasteiger partial charge on any atom is -0.456 e. The molecular formula is C16H18N6O5S. The third-order valence-electron chi connectivity index (χ3n) is 3.73. The van der Waals surface area contributed by atoms with Gasteiger partial charge < -0.3 is 13.8 Å². The molecule has 3 heterocycles. The number of pyridine rings is 1. The van der Waals surface area contributed by atoms with Gasteiger partial charge in [-0.25, -0.2) is 18.1 Å². The van der Waals surface area contributed by atoms with Crippen molar-refractivity contribution in [3.05, 3.63) is 42.4 Å². The van der Waals surface area contributed by atoms with Gasteiger partial charge in [-0.2, -0.15) is 4.98 Å². The Hall–Kier alpha value is -3.12. The van der Waals surface area contributed by atoms with Gasteiger partial charge in [-0.1, -0.05) is 5.16 Å². The first-order chi connectivity index (χ1) is 13.3. The maximum Gasteiger partial charge on any atom is 0.307 e. The van der Waals surface area contributed by atoms with E-state index in [0.717, 1.165) is 0 Å². The molecule has 0 amide bonds. The van der Waals surface area contributed by atoms with Gasteiger partial charge >= 0.3 is 5.97 Å². The Bertz CT molecular complexity index is 1040. The van der Waals surface area contributed by atoms with E-state index in [2.05, 4.69) is 24.8 Å². The van der Waals surface area contributed by atoms with Crippen molar-refractivity contribution in [2.24, 2.45) is 7.05 Å². The first kappa shape index (κ1) is 19.6. The Morgan fingerprint density at radius 2 is 2.18 bits per heavy atom. The first-order valence-corrected chi connectivity index (χ1v) is 9.72. The molecule has 28 heavy (non-hydrogen) atoms. The van der Waals surface area contributed by atoms with Gasteiger partial charge in [-0.15, -0.1) is 0 Å². The van der Waals surface area contributed by atoms with E-state index in [1.165, 1.54) is 6.20 Å². The van der Waals surface area contributed by atoms with Crippen molar-refractivity contribution in [1.29, 1.82) is 0 Å². The molecule has 0 spiro atoms. The van der Waals surface area contributed by atoms with Crippen LogP contribution in [0.1, 0.15) is 18.1 Å². The van der Waals surface area contributed by atoms with E-state index in [0.29, 0.717) is 17.2 Å². The van der Waals surface area contributed by atoms with Crippen LogP contribution < -0.4 is 4.72 Å². The number of aryl methyl sites for hydroxylation is 2. The number of rotatable bonds is 8. The van der Waals surface area contributed by atoms with Crippen molar-refractivity contribution >= 4 is 16.0 Å². The Morgan fingerprint density at radius 1 is 1.36 bits per heavy atom. The molecule has 0 aliphatic carbocycles. The maximum absolute atomic E-state index is 12.1. The van der Waals surface area contributed by atoms with E-state index in [1.54, 1.807) is 43.1 Å². The highest BCUT2D eigenvalue weighted by atomic mass is 32.2. The van der Waals surface area contributed by atoms with Crippen molar-refractivity contribution < 1.29 is 22.5 Å². The predicted octanol–water partition coefficient (Wildman–Crippen LogP) is 0.585. The molecule has 0 saturated heterocycles. The van der Waals surface area contributed by atoms with E-state index in [1.807, 2.05) is 0 Å². The number of aromatic nitrogens is 5. The van der Waals surface area contributed by atoms with Crippen molar-refractivity contribution in [2.75, 3.05) is 6.54 Å². The molecule has 0 aliphatic heterocycles.